The van der Waals surface area contributed by atoms with Gasteiger partial charge in [0.05, 0.1) is 13.0 Å². The molecule has 12 heteroatoms. The third kappa shape index (κ3) is 42.3. The number of carbonyl (C=O) groups is 4. The van der Waals surface area contributed by atoms with Crippen LogP contribution < -0.4 is 0 Å². The molecule has 1 fully saturated rings. The third-order valence-electron chi connectivity index (χ3n) is 13.1. The summed E-state index contributed by atoms with van der Waals surface area (Å²) in [5, 5.41) is 31.5. The van der Waals surface area contributed by atoms with E-state index in [9.17, 15) is 34.5 Å². The summed E-state index contributed by atoms with van der Waals surface area (Å²) in [6.45, 7) is 5.75. The Morgan fingerprint density at radius 1 is 0.455 bits per heavy atom. The van der Waals surface area contributed by atoms with Crippen molar-refractivity contribution in [1.29, 1.82) is 0 Å². The minimum absolute atomic E-state index is 0.0214. The second-order valence-corrected chi connectivity index (χ2v) is 20.3. The first-order valence-corrected chi connectivity index (χ1v) is 30.2. The summed E-state index contributed by atoms with van der Waals surface area (Å²) in [6, 6.07) is 0. The highest BCUT2D eigenvalue weighted by atomic mass is 16.7. The molecule has 3 N–H and O–H groups in total. The Morgan fingerprint density at radius 2 is 0.857 bits per heavy atom. The number of hydrogen-bond acceptors (Lipinski definition) is 11. The van der Waals surface area contributed by atoms with Crippen molar-refractivity contribution in [3.05, 3.63) is 97.2 Å². The van der Waals surface area contributed by atoms with Gasteiger partial charge < -0.3 is 39.0 Å². The van der Waals surface area contributed by atoms with Crippen molar-refractivity contribution in [2.75, 3.05) is 13.2 Å². The second-order valence-electron chi connectivity index (χ2n) is 20.3. The predicted octanol–water partition coefficient (Wildman–Crippen LogP) is 15.7. The topological polar surface area (TPSA) is 175 Å². The van der Waals surface area contributed by atoms with Crippen molar-refractivity contribution in [3.63, 3.8) is 0 Å². The van der Waals surface area contributed by atoms with Gasteiger partial charge in [0, 0.05) is 12.8 Å². The number of rotatable bonds is 50. The summed E-state index contributed by atoms with van der Waals surface area (Å²) in [5.74, 6) is -3.31. The van der Waals surface area contributed by atoms with E-state index in [1.165, 1.54) is 70.6 Å². The lowest BCUT2D eigenvalue weighted by Gasteiger charge is -2.40. The molecule has 77 heavy (non-hydrogen) atoms. The number of carbonyl (C=O) groups excluding carboxylic acids is 3. The van der Waals surface area contributed by atoms with E-state index in [1.807, 2.05) is 12.2 Å². The molecule has 0 amide bonds. The number of carboxylic acids is 1. The van der Waals surface area contributed by atoms with Crippen LogP contribution in [0.15, 0.2) is 97.2 Å². The zero-order valence-corrected chi connectivity index (χ0v) is 48.2. The van der Waals surface area contributed by atoms with E-state index in [4.69, 9.17) is 23.7 Å². The number of ether oxygens (including phenoxy) is 5. The molecule has 0 aromatic carbocycles. The van der Waals surface area contributed by atoms with Gasteiger partial charge in [0.15, 0.2) is 24.6 Å². The molecule has 1 aliphatic heterocycles. The molecule has 0 spiro atoms. The molecule has 0 bridgehead atoms. The number of unbranched alkanes of at least 4 members (excludes halogenated alkanes) is 21. The number of hydrogen-bond donors (Lipinski definition) is 3. The predicted molar refractivity (Wildman–Crippen MR) is 312 cm³/mol. The summed E-state index contributed by atoms with van der Waals surface area (Å²) in [6.07, 6.45) is 56.8. The Labute approximate surface area is 466 Å². The summed E-state index contributed by atoms with van der Waals surface area (Å²) >= 11 is 0. The van der Waals surface area contributed by atoms with Crippen molar-refractivity contribution >= 4 is 23.9 Å². The van der Waals surface area contributed by atoms with E-state index in [2.05, 4.69) is 99.8 Å². The van der Waals surface area contributed by atoms with Gasteiger partial charge in [-0.25, -0.2) is 4.79 Å². The van der Waals surface area contributed by atoms with Crippen molar-refractivity contribution in [3.8, 4) is 0 Å². The number of allylic oxidation sites excluding steroid dienone is 15. The zero-order valence-electron chi connectivity index (χ0n) is 48.2. The van der Waals surface area contributed by atoms with Gasteiger partial charge in [0.25, 0.3) is 0 Å². The van der Waals surface area contributed by atoms with Crippen LogP contribution in [0.4, 0.5) is 0 Å². The molecular weight excluding hydrogens is 973 g/mol. The highest BCUT2D eigenvalue weighted by molar-refractivity contribution is 5.74. The minimum Gasteiger partial charge on any atom is -0.479 e. The average molecular weight is 1080 g/mol. The van der Waals surface area contributed by atoms with Gasteiger partial charge in [-0.2, -0.15) is 0 Å². The SMILES string of the molecule is CC/C=C\C/C=C\C/C=C\C/C=C\C/C=C\CC(=O)OCC(COC1OC(C(=O)O)C(O)C(O)C1OC(=O)CCCCCCCCC/C=C\CCCCCCCC)OC(=O)CCCCCCC/C=C\C/C=C\CCCCC. The molecule has 0 radical (unpaired) electrons. The van der Waals surface area contributed by atoms with Crippen LogP contribution in [0.3, 0.4) is 0 Å². The van der Waals surface area contributed by atoms with Crippen LogP contribution in [0, 0.1) is 0 Å². The molecule has 0 aromatic heterocycles. The zero-order chi connectivity index (χ0) is 56.1. The van der Waals surface area contributed by atoms with Gasteiger partial charge >= 0.3 is 23.9 Å². The Bertz CT molecular complexity index is 1710. The number of aliphatic carboxylic acids is 1. The molecule has 6 unspecified atom stereocenters. The van der Waals surface area contributed by atoms with Crippen molar-refractivity contribution in [2.24, 2.45) is 0 Å². The van der Waals surface area contributed by atoms with Crippen LogP contribution in [0.1, 0.15) is 239 Å². The molecule has 0 aliphatic carbocycles. The standard InChI is InChI=1S/C65H106O12/c1-4-7-10-13-16-19-22-25-28-29-32-35-38-41-44-47-50-53-59(68)76-63-61(70)60(69)62(64(71)72)77-65(63)74-55-56(75-58(67)52-49-46-43-40-37-34-31-27-24-21-18-15-12-9-6-3)54-73-57(66)51-48-45-42-39-36-33-30-26-23-20-17-14-11-8-5-2/h8,11,17-18,20-21,25-28,30-31,36,39,45,48,56,60-63,65,69-70H,4-7,9-10,12-16,19,22-24,29,32-35,37-38,40-44,46-47,49-55H2,1-3H3,(H,71,72)/b11-8-,20-17-,21-18-,28-25-,30-26-,31-27-,39-36-,48-45-. The van der Waals surface area contributed by atoms with Gasteiger partial charge in [-0.05, 0) is 103 Å². The second kappa shape index (κ2) is 52.3. The monoisotopic (exact) mass is 1080 g/mol. The van der Waals surface area contributed by atoms with Crippen molar-refractivity contribution in [1.82, 2.24) is 0 Å². The molecule has 1 aliphatic rings. The van der Waals surface area contributed by atoms with Crippen LogP contribution in [0.5, 0.6) is 0 Å². The van der Waals surface area contributed by atoms with Gasteiger partial charge in [0.1, 0.15) is 18.8 Å². The Hall–Kier alpha value is -4.36. The van der Waals surface area contributed by atoms with E-state index in [-0.39, 0.29) is 25.9 Å². The van der Waals surface area contributed by atoms with Crippen LogP contribution in [-0.4, -0.2) is 89.2 Å². The van der Waals surface area contributed by atoms with Crippen LogP contribution in [-0.2, 0) is 42.9 Å². The normalized spacial score (nSPS) is 18.7. The van der Waals surface area contributed by atoms with E-state index in [0.29, 0.717) is 19.3 Å². The number of aliphatic hydroxyl groups excluding tert-OH is 2. The maximum absolute atomic E-state index is 13.1. The molecule has 1 saturated heterocycles. The van der Waals surface area contributed by atoms with E-state index >= 15 is 0 Å². The maximum atomic E-state index is 13.1. The molecule has 1 heterocycles. The smallest absolute Gasteiger partial charge is 0.335 e. The first-order chi connectivity index (χ1) is 37.6. The summed E-state index contributed by atoms with van der Waals surface area (Å²) in [4.78, 5) is 51.1. The van der Waals surface area contributed by atoms with Crippen molar-refractivity contribution < 1.29 is 58.2 Å². The lowest BCUT2D eigenvalue weighted by molar-refractivity contribution is -0.301. The molecule has 0 saturated carbocycles. The Kier molecular flexibility index (Phi) is 48.0. The van der Waals surface area contributed by atoms with E-state index < -0.39 is 67.3 Å². The van der Waals surface area contributed by atoms with Crippen LogP contribution in [0.2, 0.25) is 0 Å². The molecular formula is C65H106O12. The third-order valence-corrected chi connectivity index (χ3v) is 13.1. The number of carboxylic acid groups (broad SMARTS) is 1. The molecule has 6 atom stereocenters. The highest BCUT2D eigenvalue weighted by Gasteiger charge is 2.50. The fourth-order valence-electron chi connectivity index (χ4n) is 8.52. The largest absolute Gasteiger partial charge is 0.479 e. The lowest BCUT2D eigenvalue weighted by Crippen LogP contribution is -2.61. The lowest BCUT2D eigenvalue weighted by atomic mass is 9.98. The Balaban J connectivity index is 2.75. The van der Waals surface area contributed by atoms with Crippen LogP contribution in [0.25, 0.3) is 0 Å². The van der Waals surface area contributed by atoms with E-state index in [0.717, 1.165) is 109 Å². The first-order valence-electron chi connectivity index (χ1n) is 30.2. The van der Waals surface area contributed by atoms with Gasteiger partial charge in [-0.1, -0.05) is 214 Å². The molecule has 438 valence electrons. The minimum atomic E-state index is -1.92. The molecule has 12 nitrogen and oxygen atoms in total. The highest BCUT2D eigenvalue weighted by Crippen LogP contribution is 2.26. The fraction of sp³-hybridized carbons (Fsp3) is 0.692. The number of aliphatic hydroxyl groups is 2. The first kappa shape index (κ1) is 70.7. The van der Waals surface area contributed by atoms with Crippen molar-refractivity contribution in [2.45, 2.75) is 276 Å². The number of esters is 3. The summed E-state index contributed by atoms with van der Waals surface area (Å²) in [7, 11) is 0. The van der Waals surface area contributed by atoms with Gasteiger partial charge in [-0.3, -0.25) is 14.4 Å². The Morgan fingerprint density at radius 3 is 1.35 bits per heavy atom. The van der Waals surface area contributed by atoms with Gasteiger partial charge in [0.2, 0.25) is 0 Å². The molecule has 0 aromatic rings. The van der Waals surface area contributed by atoms with E-state index in [1.54, 1.807) is 6.08 Å². The average Bonchev–Trinajstić information content (AvgIpc) is 3.42. The van der Waals surface area contributed by atoms with Gasteiger partial charge in [-0.15, -0.1) is 0 Å². The van der Waals surface area contributed by atoms with Crippen LogP contribution >= 0.6 is 0 Å². The maximum Gasteiger partial charge on any atom is 0.335 e. The quantitative estimate of drug-likeness (QED) is 0.0228. The summed E-state index contributed by atoms with van der Waals surface area (Å²) < 4.78 is 28.3. The molecule has 1 rings (SSSR count). The summed E-state index contributed by atoms with van der Waals surface area (Å²) in [5.41, 5.74) is 0. The fourth-order valence-corrected chi connectivity index (χ4v) is 8.52.